The fourth-order valence-corrected chi connectivity index (χ4v) is 3.64. The van der Waals surface area contributed by atoms with Crippen LogP contribution in [0.5, 0.6) is 0 Å². The molecule has 0 aliphatic heterocycles. The molecule has 0 saturated heterocycles. The smallest absolute Gasteiger partial charge is 0.252 e. The van der Waals surface area contributed by atoms with E-state index in [9.17, 15) is 9.59 Å². The Morgan fingerprint density at radius 3 is 2.56 bits per heavy atom. The molecule has 2 aromatic carbocycles. The van der Waals surface area contributed by atoms with Gasteiger partial charge in [-0.1, -0.05) is 36.4 Å². The minimum absolute atomic E-state index is 0.0662. The lowest BCUT2D eigenvalue weighted by Crippen LogP contribution is -2.23. The Morgan fingerprint density at radius 2 is 1.75 bits per heavy atom. The summed E-state index contributed by atoms with van der Waals surface area (Å²) in [6.45, 7) is 0.349. The molecule has 2 heterocycles. The number of aromatic nitrogens is 2. The minimum Gasteiger partial charge on any atom is -0.348 e. The fourth-order valence-electron chi connectivity index (χ4n) is 3.64. The summed E-state index contributed by atoms with van der Waals surface area (Å²) in [5, 5.41) is 6.74. The Bertz CT molecular complexity index is 1300. The molecule has 2 amide bonds. The first-order chi connectivity index (χ1) is 15.7. The molecule has 1 fully saturated rings. The first kappa shape index (κ1) is 19.9. The topological polar surface area (TPSA) is 84.0 Å². The summed E-state index contributed by atoms with van der Waals surface area (Å²) < 4.78 is 0. The number of hydrogen-bond donors (Lipinski definition) is 2. The standard InChI is InChI=1S/C26H22N4O2/c31-25(18-11-12-18)29-19-7-5-6-17(14-19)16-28-26(32)21-15-24(23-10-3-4-13-27-23)30-22-9-2-1-8-20(21)22/h1-10,13-15,18H,11-12,16H2,(H,28,32)(H,29,31). The van der Waals surface area contributed by atoms with Crippen molar-refractivity contribution < 1.29 is 9.59 Å². The second-order valence-electron chi connectivity index (χ2n) is 7.93. The number of nitrogens with one attached hydrogen (secondary N) is 2. The van der Waals surface area contributed by atoms with Crippen molar-refractivity contribution in [2.75, 3.05) is 5.32 Å². The average Bonchev–Trinajstić information content (AvgIpc) is 3.68. The van der Waals surface area contributed by atoms with Crippen LogP contribution in [0.2, 0.25) is 0 Å². The van der Waals surface area contributed by atoms with Crippen LogP contribution in [-0.4, -0.2) is 21.8 Å². The number of hydrogen-bond acceptors (Lipinski definition) is 4. The van der Waals surface area contributed by atoms with E-state index in [1.807, 2.05) is 66.7 Å². The van der Waals surface area contributed by atoms with Crippen molar-refractivity contribution in [1.29, 1.82) is 0 Å². The van der Waals surface area contributed by atoms with Crippen LogP contribution < -0.4 is 10.6 Å². The monoisotopic (exact) mass is 422 g/mol. The van der Waals surface area contributed by atoms with E-state index in [-0.39, 0.29) is 17.7 Å². The number of carbonyl (C=O) groups excluding carboxylic acids is 2. The molecule has 1 saturated carbocycles. The minimum atomic E-state index is -0.187. The van der Waals surface area contributed by atoms with Crippen molar-refractivity contribution >= 4 is 28.4 Å². The maximum atomic E-state index is 13.1. The summed E-state index contributed by atoms with van der Waals surface area (Å²) in [6.07, 6.45) is 3.63. The average molecular weight is 422 g/mol. The van der Waals surface area contributed by atoms with E-state index in [0.29, 0.717) is 23.5 Å². The molecule has 4 aromatic rings. The largest absolute Gasteiger partial charge is 0.348 e. The van der Waals surface area contributed by atoms with Crippen molar-refractivity contribution in [3.63, 3.8) is 0 Å². The summed E-state index contributed by atoms with van der Waals surface area (Å²) in [5.74, 6) is 0.0244. The molecule has 2 aromatic heterocycles. The van der Waals surface area contributed by atoms with Crippen molar-refractivity contribution in [3.8, 4) is 11.4 Å². The molecule has 5 rings (SSSR count). The molecule has 0 radical (unpaired) electrons. The van der Waals surface area contributed by atoms with Gasteiger partial charge in [-0.15, -0.1) is 0 Å². The second-order valence-corrected chi connectivity index (χ2v) is 7.93. The van der Waals surface area contributed by atoms with Gasteiger partial charge in [-0.25, -0.2) is 4.98 Å². The number of nitrogens with zero attached hydrogens (tertiary/aromatic N) is 2. The van der Waals surface area contributed by atoms with Gasteiger partial charge in [0.05, 0.1) is 22.5 Å². The Kier molecular flexibility index (Phi) is 5.34. The highest BCUT2D eigenvalue weighted by atomic mass is 16.2. The maximum Gasteiger partial charge on any atom is 0.252 e. The highest BCUT2D eigenvalue weighted by molar-refractivity contribution is 6.07. The molecule has 0 spiro atoms. The van der Waals surface area contributed by atoms with Crippen LogP contribution in [0.15, 0.2) is 79.0 Å². The van der Waals surface area contributed by atoms with E-state index >= 15 is 0 Å². The molecule has 1 aliphatic rings. The van der Waals surface area contributed by atoms with E-state index < -0.39 is 0 Å². The molecule has 32 heavy (non-hydrogen) atoms. The Hall–Kier alpha value is -4.06. The van der Waals surface area contributed by atoms with E-state index in [1.165, 1.54) is 0 Å². The summed E-state index contributed by atoms with van der Waals surface area (Å²) in [5.41, 5.74) is 4.32. The Labute approximate surface area is 185 Å². The summed E-state index contributed by atoms with van der Waals surface area (Å²) >= 11 is 0. The number of anilines is 1. The quantitative estimate of drug-likeness (QED) is 0.477. The second kappa shape index (κ2) is 8.59. The van der Waals surface area contributed by atoms with Gasteiger partial charge < -0.3 is 10.6 Å². The van der Waals surface area contributed by atoms with Crippen LogP contribution in [0.4, 0.5) is 5.69 Å². The van der Waals surface area contributed by atoms with Gasteiger partial charge >= 0.3 is 0 Å². The Balaban J connectivity index is 1.37. The van der Waals surface area contributed by atoms with Gasteiger partial charge in [0.15, 0.2) is 0 Å². The molecule has 158 valence electrons. The normalized spacial score (nSPS) is 13.0. The van der Waals surface area contributed by atoms with E-state index in [0.717, 1.165) is 35.0 Å². The van der Waals surface area contributed by atoms with Crippen LogP contribution in [0.25, 0.3) is 22.3 Å². The first-order valence-electron chi connectivity index (χ1n) is 10.7. The number of carbonyl (C=O) groups is 2. The molecular weight excluding hydrogens is 400 g/mol. The number of benzene rings is 2. The van der Waals surface area contributed by atoms with Crippen molar-refractivity contribution in [1.82, 2.24) is 15.3 Å². The summed E-state index contributed by atoms with van der Waals surface area (Å²) in [7, 11) is 0. The summed E-state index contributed by atoms with van der Waals surface area (Å²) in [6, 6.07) is 22.6. The SMILES string of the molecule is O=C(NCc1cccc(NC(=O)C2CC2)c1)c1cc(-c2ccccn2)nc2ccccc12. The van der Waals surface area contributed by atoms with Gasteiger partial charge in [0.25, 0.3) is 5.91 Å². The van der Waals surface area contributed by atoms with E-state index in [4.69, 9.17) is 0 Å². The van der Waals surface area contributed by atoms with Crippen LogP contribution in [0, 0.1) is 5.92 Å². The predicted octanol–water partition coefficient (Wildman–Crippen LogP) is 4.58. The lowest BCUT2D eigenvalue weighted by atomic mass is 10.1. The molecule has 1 aliphatic carbocycles. The highest BCUT2D eigenvalue weighted by Gasteiger charge is 2.29. The van der Waals surface area contributed by atoms with E-state index in [1.54, 1.807) is 12.3 Å². The molecular formula is C26H22N4O2. The Morgan fingerprint density at radius 1 is 0.906 bits per heavy atom. The van der Waals surface area contributed by atoms with Crippen molar-refractivity contribution in [2.45, 2.75) is 19.4 Å². The molecule has 6 nitrogen and oxygen atoms in total. The third kappa shape index (κ3) is 4.34. The zero-order chi connectivity index (χ0) is 21.9. The van der Waals surface area contributed by atoms with Crippen molar-refractivity contribution in [3.05, 3.63) is 90.1 Å². The molecule has 0 atom stereocenters. The van der Waals surface area contributed by atoms with Crippen LogP contribution in [0.1, 0.15) is 28.8 Å². The molecule has 0 unspecified atom stereocenters. The number of pyridine rings is 2. The molecule has 0 bridgehead atoms. The zero-order valence-corrected chi connectivity index (χ0v) is 17.4. The third-order valence-corrected chi connectivity index (χ3v) is 5.48. The fraction of sp³-hybridized carbons (Fsp3) is 0.154. The molecule has 6 heteroatoms. The first-order valence-corrected chi connectivity index (χ1v) is 10.7. The maximum absolute atomic E-state index is 13.1. The number of amides is 2. The lowest BCUT2D eigenvalue weighted by Gasteiger charge is -2.11. The number of fused-ring (bicyclic) bond motifs is 1. The van der Waals surface area contributed by atoms with Gasteiger partial charge in [0, 0.05) is 29.7 Å². The number of rotatable bonds is 6. The molecule has 2 N–H and O–H groups in total. The van der Waals surface area contributed by atoms with E-state index in [2.05, 4.69) is 20.6 Å². The zero-order valence-electron chi connectivity index (χ0n) is 17.4. The third-order valence-electron chi connectivity index (χ3n) is 5.48. The van der Waals surface area contributed by atoms with Gasteiger partial charge in [-0.3, -0.25) is 14.6 Å². The van der Waals surface area contributed by atoms with Crippen LogP contribution in [-0.2, 0) is 11.3 Å². The van der Waals surface area contributed by atoms with Gasteiger partial charge in [-0.2, -0.15) is 0 Å². The van der Waals surface area contributed by atoms with Crippen LogP contribution in [0.3, 0.4) is 0 Å². The lowest BCUT2D eigenvalue weighted by molar-refractivity contribution is -0.117. The van der Waals surface area contributed by atoms with Gasteiger partial charge in [-0.05, 0) is 54.8 Å². The number of para-hydroxylation sites is 1. The van der Waals surface area contributed by atoms with Gasteiger partial charge in [0.2, 0.25) is 5.91 Å². The van der Waals surface area contributed by atoms with Crippen molar-refractivity contribution in [2.24, 2.45) is 5.92 Å². The van der Waals surface area contributed by atoms with Crippen LogP contribution >= 0.6 is 0 Å². The predicted molar refractivity (Wildman–Crippen MR) is 124 cm³/mol. The van der Waals surface area contributed by atoms with Gasteiger partial charge in [0.1, 0.15) is 0 Å². The highest BCUT2D eigenvalue weighted by Crippen LogP contribution is 2.30. The summed E-state index contributed by atoms with van der Waals surface area (Å²) in [4.78, 5) is 34.2.